The molecule has 0 atom stereocenters. The summed E-state index contributed by atoms with van der Waals surface area (Å²) in [7, 11) is 0. The maximum Gasteiger partial charge on any atom is 0.186 e. The van der Waals surface area contributed by atoms with Gasteiger partial charge in [0.25, 0.3) is 0 Å². The lowest BCUT2D eigenvalue weighted by Crippen LogP contribution is -1.87. The average molecular weight is 336 g/mol. The van der Waals surface area contributed by atoms with Gasteiger partial charge in [0.2, 0.25) is 0 Å². The van der Waals surface area contributed by atoms with Gasteiger partial charge in [0.05, 0.1) is 0 Å². The SMILES string of the molecule is CC(=O)SCC=Cc1c(F)cccc1I. The molecular weight excluding hydrogens is 326 g/mol. The summed E-state index contributed by atoms with van der Waals surface area (Å²) >= 11 is 3.30. The van der Waals surface area contributed by atoms with Crippen LogP contribution in [-0.4, -0.2) is 10.9 Å². The standard InChI is InChI=1S/C11H10FIOS/c1-8(14)15-7-3-4-9-10(12)5-2-6-11(9)13/h2-6H,7H2,1H3. The Morgan fingerprint density at radius 2 is 2.33 bits per heavy atom. The highest BCUT2D eigenvalue weighted by Gasteiger charge is 2.01. The molecule has 1 aromatic rings. The van der Waals surface area contributed by atoms with Crippen molar-refractivity contribution < 1.29 is 9.18 Å². The number of carbonyl (C=O) groups excluding carboxylic acids is 1. The summed E-state index contributed by atoms with van der Waals surface area (Å²) in [6.07, 6.45) is 3.51. The molecule has 1 aromatic carbocycles. The monoisotopic (exact) mass is 336 g/mol. The van der Waals surface area contributed by atoms with E-state index in [1.807, 2.05) is 6.07 Å². The largest absolute Gasteiger partial charge is 0.288 e. The molecule has 0 N–H and O–H groups in total. The van der Waals surface area contributed by atoms with Crippen LogP contribution >= 0.6 is 34.4 Å². The van der Waals surface area contributed by atoms with Crippen molar-refractivity contribution in [2.45, 2.75) is 6.92 Å². The first-order chi connectivity index (χ1) is 7.11. The summed E-state index contributed by atoms with van der Waals surface area (Å²) in [4.78, 5) is 10.6. The van der Waals surface area contributed by atoms with E-state index in [-0.39, 0.29) is 10.9 Å². The Morgan fingerprint density at radius 3 is 2.93 bits per heavy atom. The average Bonchev–Trinajstić information content (AvgIpc) is 2.15. The van der Waals surface area contributed by atoms with Crippen LogP contribution in [0, 0.1) is 9.39 Å². The van der Waals surface area contributed by atoms with Crippen LogP contribution in [0.5, 0.6) is 0 Å². The molecular formula is C11H10FIOS. The Labute approximate surface area is 106 Å². The molecule has 0 unspecified atom stereocenters. The van der Waals surface area contributed by atoms with Crippen molar-refractivity contribution >= 4 is 45.5 Å². The van der Waals surface area contributed by atoms with Crippen molar-refractivity contribution in [3.63, 3.8) is 0 Å². The van der Waals surface area contributed by atoms with E-state index in [1.165, 1.54) is 24.8 Å². The van der Waals surface area contributed by atoms with Gasteiger partial charge in [-0.3, -0.25) is 4.79 Å². The van der Waals surface area contributed by atoms with Gasteiger partial charge in [0.15, 0.2) is 5.12 Å². The molecule has 0 aliphatic heterocycles. The lowest BCUT2D eigenvalue weighted by molar-refractivity contribution is -0.109. The van der Waals surface area contributed by atoms with E-state index in [0.29, 0.717) is 11.3 Å². The molecule has 0 spiro atoms. The number of benzene rings is 1. The molecule has 0 aliphatic carbocycles. The van der Waals surface area contributed by atoms with E-state index in [4.69, 9.17) is 0 Å². The molecule has 4 heteroatoms. The topological polar surface area (TPSA) is 17.1 Å². The van der Waals surface area contributed by atoms with E-state index in [9.17, 15) is 9.18 Å². The van der Waals surface area contributed by atoms with Gasteiger partial charge >= 0.3 is 0 Å². The van der Waals surface area contributed by atoms with Gasteiger partial charge < -0.3 is 0 Å². The predicted octanol–water partition coefficient (Wildman–Crippen LogP) is 3.72. The summed E-state index contributed by atoms with van der Waals surface area (Å²) in [6.45, 7) is 1.52. The minimum atomic E-state index is -0.231. The fourth-order valence-corrected chi connectivity index (χ4v) is 2.07. The zero-order valence-corrected chi connectivity index (χ0v) is 11.1. The molecule has 1 nitrogen and oxygen atoms in total. The predicted molar refractivity (Wildman–Crippen MR) is 71.3 cm³/mol. The molecule has 0 heterocycles. The molecule has 0 saturated carbocycles. The van der Waals surface area contributed by atoms with Gasteiger partial charge in [-0.2, -0.15) is 0 Å². The number of hydrogen-bond acceptors (Lipinski definition) is 2. The van der Waals surface area contributed by atoms with E-state index in [1.54, 1.807) is 18.2 Å². The molecule has 0 radical (unpaired) electrons. The van der Waals surface area contributed by atoms with Crippen LogP contribution in [0.3, 0.4) is 0 Å². The summed E-state index contributed by atoms with van der Waals surface area (Å²) in [6, 6.07) is 4.96. The van der Waals surface area contributed by atoms with Crippen LogP contribution in [0.2, 0.25) is 0 Å². The highest BCUT2D eigenvalue weighted by molar-refractivity contribution is 14.1. The minimum absolute atomic E-state index is 0.0721. The zero-order chi connectivity index (χ0) is 11.3. The molecule has 1 rings (SSSR count). The van der Waals surface area contributed by atoms with Crippen LogP contribution in [0.1, 0.15) is 12.5 Å². The van der Waals surface area contributed by atoms with Crippen LogP contribution in [0.4, 0.5) is 4.39 Å². The second-order valence-electron chi connectivity index (χ2n) is 2.84. The maximum atomic E-state index is 13.3. The van der Waals surface area contributed by atoms with Gasteiger partial charge in [0, 0.05) is 21.8 Å². The quantitative estimate of drug-likeness (QED) is 0.783. The second-order valence-corrected chi connectivity index (χ2v) is 5.20. The van der Waals surface area contributed by atoms with Gasteiger partial charge in [-0.05, 0) is 34.7 Å². The summed E-state index contributed by atoms with van der Waals surface area (Å²) in [5.74, 6) is 0.353. The Balaban J connectivity index is 2.67. The third kappa shape index (κ3) is 4.34. The molecule has 0 saturated heterocycles. The maximum absolute atomic E-state index is 13.3. The minimum Gasteiger partial charge on any atom is -0.288 e. The Hall–Kier alpha value is -0.360. The molecule has 0 aromatic heterocycles. The Bertz CT molecular complexity index is 370. The molecule has 0 aliphatic rings. The summed E-state index contributed by atoms with van der Waals surface area (Å²) < 4.78 is 14.2. The van der Waals surface area contributed by atoms with Crippen molar-refractivity contribution in [1.82, 2.24) is 0 Å². The van der Waals surface area contributed by atoms with Gasteiger partial charge in [-0.1, -0.05) is 30.0 Å². The zero-order valence-electron chi connectivity index (χ0n) is 8.17. The highest BCUT2D eigenvalue weighted by atomic mass is 127. The van der Waals surface area contributed by atoms with Gasteiger partial charge in [0.1, 0.15) is 5.82 Å². The van der Waals surface area contributed by atoms with Crippen LogP contribution < -0.4 is 0 Å². The van der Waals surface area contributed by atoms with Crippen molar-refractivity contribution in [2.24, 2.45) is 0 Å². The van der Waals surface area contributed by atoms with Crippen molar-refractivity contribution in [3.05, 3.63) is 39.2 Å². The second kappa shape index (κ2) is 6.27. The number of hydrogen-bond donors (Lipinski definition) is 0. The molecule has 0 fully saturated rings. The van der Waals surface area contributed by atoms with E-state index in [2.05, 4.69) is 22.6 Å². The third-order valence-corrected chi connectivity index (χ3v) is 3.37. The Kier molecular flexibility index (Phi) is 5.31. The number of halogens is 2. The lowest BCUT2D eigenvalue weighted by Gasteiger charge is -1.99. The molecule has 0 amide bonds. The third-order valence-electron chi connectivity index (χ3n) is 1.67. The van der Waals surface area contributed by atoms with Crippen molar-refractivity contribution in [1.29, 1.82) is 0 Å². The van der Waals surface area contributed by atoms with Gasteiger partial charge in [-0.15, -0.1) is 0 Å². The molecule has 0 bridgehead atoms. The first-order valence-electron chi connectivity index (χ1n) is 4.35. The molecule has 80 valence electrons. The van der Waals surface area contributed by atoms with E-state index < -0.39 is 0 Å². The Morgan fingerprint density at radius 1 is 1.60 bits per heavy atom. The number of thioether (sulfide) groups is 1. The van der Waals surface area contributed by atoms with E-state index >= 15 is 0 Å². The first-order valence-corrected chi connectivity index (χ1v) is 6.41. The fraction of sp³-hybridized carbons (Fsp3) is 0.182. The van der Waals surface area contributed by atoms with Crippen LogP contribution in [0.15, 0.2) is 24.3 Å². The normalized spacial score (nSPS) is 10.9. The highest BCUT2D eigenvalue weighted by Crippen LogP contribution is 2.17. The van der Waals surface area contributed by atoms with Gasteiger partial charge in [-0.25, -0.2) is 4.39 Å². The summed E-state index contributed by atoms with van der Waals surface area (Å²) in [5.41, 5.74) is 0.585. The van der Waals surface area contributed by atoms with Crippen LogP contribution in [0.25, 0.3) is 6.08 Å². The van der Waals surface area contributed by atoms with Crippen molar-refractivity contribution in [2.75, 3.05) is 5.75 Å². The fourth-order valence-electron chi connectivity index (χ4n) is 1.00. The summed E-state index contributed by atoms with van der Waals surface area (Å²) in [5, 5.41) is 0.0721. The van der Waals surface area contributed by atoms with E-state index in [0.717, 1.165) is 3.57 Å². The van der Waals surface area contributed by atoms with Crippen LogP contribution in [-0.2, 0) is 4.79 Å². The lowest BCUT2D eigenvalue weighted by atomic mass is 10.2. The number of carbonyl (C=O) groups is 1. The van der Waals surface area contributed by atoms with Crippen molar-refractivity contribution in [3.8, 4) is 0 Å². The first kappa shape index (κ1) is 12.7. The number of rotatable bonds is 3. The smallest absolute Gasteiger partial charge is 0.186 e. The molecule has 15 heavy (non-hydrogen) atoms.